The van der Waals surface area contributed by atoms with E-state index in [2.05, 4.69) is 26.1 Å². The van der Waals surface area contributed by atoms with Crippen LogP contribution in [0, 0.1) is 5.92 Å². The molecule has 3 nitrogen and oxygen atoms in total. The average Bonchev–Trinajstić information content (AvgIpc) is 2.94. The summed E-state index contributed by atoms with van der Waals surface area (Å²) in [5.41, 5.74) is 0. The van der Waals surface area contributed by atoms with Crippen molar-refractivity contribution in [2.75, 3.05) is 26.3 Å². The largest absolute Gasteiger partial charge is 0.381 e. The summed E-state index contributed by atoms with van der Waals surface area (Å²) in [5, 5.41) is 3.65. The van der Waals surface area contributed by atoms with Gasteiger partial charge < -0.3 is 14.8 Å². The summed E-state index contributed by atoms with van der Waals surface area (Å²) in [6, 6.07) is 0. The minimum Gasteiger partial charge on any atom is -0.381 e. The van der Waals surface area contributed by atoms with E-state index in [4.69, 9.17) is 9.53 Å². The Labute approximate surface area is 241 Å². The second kappa shape index (κ2) is 38.7. The fraction of sp³-hybridized carbons (Fsp3) is 0.971. The van der Waals surface area contributed by atoms with Crippen LogP contribution in [0.1, 0.15) is 188 Å². The molecule has 0 radical (unpaired) electrons. The molecule has 0 heterocycles. The van der Waals surface area contributed by atoms with Gasteiger partial charge >= 0.3 is 0 Å². The molecule has 0 aromatic rings. The van der Waals surface area contributed by atoms with E-state index in [1.165, 1.54) is 180 Å². The van der Waals surface area contributed by atoms with Gasteiger partial charge in [-0.1, -0.05) is 162 Å². The summed E-state index contributed by atoms with van der Waals surface area (Å²) in [5.74, 6) is 0.909. The predicted molar refractivity (Wildman–Crippen MR) is 171 cm³/mol. The second-order valence-electron chi connectivity index (χ2n) is 11.7. The molecule has 0 amide bonds. The van der Waals surface area contributed by atoms with E-state index >= 15 is 0 Å². The Bertz CT molecular complexity index is 390. The van der Waals surface area contributed by atoms with Gasteiger partial charge in [0.2, 0.25) is 0 Å². The van der Waals surface area contributed by atoms with E-state index < -0.39 is 0 Å². The molecule has 0 aromatic carbocycles. The molecule has 3 heteroatoms. The highest BCUT2D eigenvalue weighted by Gasteiger charge is 2.09. The lowest BCUT2D eigenvalue weighted by Crippen LogP contribution is -2.16. The Hall–Kier alpha value is -0.410. The lowest BCUT2D eigenvalue weighted by atomic mass is 9.92. The van der Waals surface area contributed by atoms with E-state index in [9.17, 15) is 0 Å². The van der Waals surface area contributed by atoms with Crippen LogP contribution in [-0.2, 0) is 9.53 Å². The number of unbranched alkanes of at least 4 members (excludes halogenated alkanes) is 19. The Morgan fingerprint density at radius 1 is 0.447 bits per heavy atom. The molecule has 0 saturated carbocycles. The molecule has 1 N–H and O–H groups in total. The molecule has 0 aliphatic heterocycles. The number of hydrogen-bond acceptors (Lipinski definition) is 3. The topological polar surface area (TPSA) is 38.3 Å². The molecule has 0 aliphatic rings. The first kappa shape index (κ1) is 39.7. The van der Waals surface area contributed by atoms with Crippen LogP contribution in [-0.4, -0.2) is 33.1 Å². The Morgan fingerprint density at radius 3 is 1.29 bits per heavy atom. The standard InChI is InChI=1S/C34H71NO.CH2O/c1-4-7-10-13-15-16-19-24-30-35-31-25-20-17-21-26-32-36-33-29-34(27-22-12-9-6-3)28-23-18-14-11-8-5-2;1-2/h34-35H,4-33H2,1-3H3;1H2. The van der Waals surface area contributed by atoms with Crippen molar-refractivity contribution in [2.45, 2.75) is 188 Å². The summed E-state index contributed by atoms with van der Waals surface area (Å²) in [6.45, 7) is 13.3. The van der Waals surface area contributed by atoms with Crippen molar-refractivity contribution < 1.29 is 9.53 Å². The van der Waals surface area contributed by atoms with E-state index in [0.717, 1.165) is 19.1 Å². The number of ether oxygens (including phenoxy) is 1. The van der Waals surface area contributed by atoms with Crippen LogP contribution in [0.5, 0.6) is 0 Å². The maximum atomic E-state index is 8.00. The van der Waals surface area contributed by atoms with Gasteiger partial charge in [0.1, 0.15) is 6.79 Å². The Kier molecular flexibility index (Phi) is 40.5. The summed E-state index contributed by atoms with van der Waals surface area (Å²) < 4.78 is 6.06. The van der Waals surface area contributed by atoms with Gasteiger partial charge in [0, 0.05) is 13.2 Å². The molecule has 0 spiro atoms. The van der Waals surface area contributed by atoms with Crippen molar-refractivity contribution in [3.63, 3.8) is 0 Å². The molecule has 0 bridgehead atoms. The van der Waals surface area contributed by atoms with E-state index in [0.29, 0.717) is 0 Å². The van der Waals surface area contributed by atoms with Crippen LogP contribution in [0.2, 0.25) is 0 Å². The zero-order valence-corrected chi connectivity index (χ0v) is 26.8. The third-order valence-electron chi connectivity index (χ3n) is 7.95. The maximum Gasteiger partial charge on any atom is 0.106 e. The third-order valence-corrected chi connectivity index (χ3v) is 7.95. The Balaban J connectivity index is 0. The minimum atomic E-state index is 0.909. The molecular formula is C35H73NO2. The molecule has 1 unspecified atom stereocenters. The number of rotatable bonds is 32. The van der Waals surface area contributed by atoms with Crippen LogP contribution in [0.15, 0.2) is 0 Å². The molecule has 1 atom stereocenters. The van der Waals surface area contributed by atoms with Gasteiger partial charge in [0.15, 0.2) is 0 Å². The fourth-order valence-corrected chi connectivity index (χ4v) is 5.35. The number of nitrogens with one attached hydrogen (secondary N) is 1. The highest BCUT2D eigenvalue weighted by Crippen LogP contribution is 2.22. The lowest BCUT2D eigenvalue weighted by Gasteiger charge is -2.17. The van der Waals surface area contributed by atoms with Crippen molar-refractivity contribution in [1.82, 2.24) is 5.32 Å². The van der Waals surface area contributed by atoms with Gasteiger partial charge in [0.25, 0.3) is 0 Å². The molecule has 0 saturated heterocycles. The van der Waals surface area contributed by atoms with Crippen LogP contribution in [0.4, 0.5) is 0 Å². The predicted octanol–water partition coefficient (Wildman–Crippen LogP) is 11.2. The highest BCUT2D eigenvalue weighted by atomic mass is 16.5. The van der Waals surface area contributed by atoms with Gasteiger partial charge in [-0.3, -0.25) is 0 Å². The maximum absolute atomic E-state index is 8.00. The van der Waals surface area contributed by atoms with E-state index in [1.807, 2.05) is 6.79 Å². The first-order valence-electron chi connectivity index (χ1n) is 17.4. The van der Waals surface area contributed by atoms with E-state index in [-0.39, 0.29) is 0 Å². The average molecular weight is 540 g/mol. The quantitative estimate of drug-likeness (QED) is 0.0864. The zero-order chi connectivity index (χ0) is 28.2. The lowest BCUT2D eigenvalue weighted by molar-refractivity contribution is -0.0980. The Morgan fingerprint density at radius 2 is 0.816 bits per heavy atom. The van der Waals surface area contributed by atoms with Crippen molar-refractivity contribution >= 4 is 6.79 Å². The zero-order valence-electron chi connectivity index (χ0n) is 26.8. The monoisotopic (exact) mass is 540 g/mol. The van der Waals surface area contributed by atoms with Crippen LogP contribution in [0.25, 0.3) is 0 Å². The van der Waals surface area contributed by atoms with Crippen molar-refractivity contribution in [2.24, 2.45) is 5.92 Å². The normalized spacial score (nSPS) is 11.9. The van der Waals surface area contributed by atoms with Gasteiger partial charge in [-0.2, -0.15) is 0 Å². The fourth-order valence-electron chi connectivity index (χ4n) is 5.35. The van der Waals surface area contributed by atoms with Crippen LogP contribution >= 0.6 is 0 Å². The molecule has 0 aliphatic carbocycles. The van der Waals surface area contributed by atoms with Gasteiger partial charge in [-0.15, -0.1) is 0 Å². The summed E-state index contributed by atoms with van der Waals surface area (Å²) in [6.07, 6.45) is 36.4. The molecule has 0 fully saturated rings. The van der Waals surface area contributed by atoms with E-state index in [1.54, 1.807) is 0 Å². The van der Waals surface area contributed by atoms with Crippen LogP contribution in [0.3, 0.4) is 0 Å². The third kappa shape index (κ3) is 35.6. The molecule has 0 aromatic heterocycles. The molecule has 38 heavy (non-hydrogen) atoms. The number of hydrogen-bond donors (Lipinski definition) is 1. The minimum absolute atomic E-state index is 0.909. The SMILES string of the molecule is C=O.CCCCCCCCCCNCCCCCCCOCCC(CCCCCC)CCCCCCCC. The first-order valence-corrected chi connectivity index (χ1v) is 17.4. The molecule has 0 rings (SSSR count). The second-order valence-corrected chi connectivity index (χ2v) is 11.7. The van der Waals surface area contributed by atoms with Crippen molar-refractivity contribution in [3.8, 4) is 0 Å². The number of carbonyl (C=O) groups excluding carboxylic acids is 1. The molecule has 230 valence electrons. The first-order chi connectivity index (χ1) is 18.8. The highest BCUT2D eigenvalue weighted by molar-refractivity contribution is 5.11. The van der Waals surface area contributed by atoms with Crippen molar-refractivity contribution in [1.29, 1.82) is 0 Å². The van der Waals surface area contributed by atoms with Crippen molar-refractivity contribution in [3.05, 3.63) is 0 Å². The smallest absolute Gasteiger partial charge is 0.106 e. The van der Waals surface area contributed by atoms with Gasteiger partial charge in [-0.25, -0.2) is 0 Å². The van der Waals surface area contributed by atoms with Gasteiger partial charge in [-0.05, 0) is 44.7 Å². The van der Waals surface area contributed by atoms with Gasteiger partial charge in [0.05, 0.1) is 0 Å². The number of carbonyl (C=O) groups is 1. The summed E-state index contributed by atoms with van der Waals surface area (Å²) in [7, 11) is 0. The summed E-state index contributed by atoms with van der Waals surface area (Å²) in [4.78, 5) is 8.00. The summed E-state index contributed by atoms with van der Waals surface area (Å²) >= 11 is 0. The molecular weight excluding hydrogens is 466 g/mol. The van der Waals surface area contributed by atoms with Crippen LogP contribution < -0.4 is 5.32 Å².